The molecule has 4 aliphatic carbocycles. The van der Waals surface area contributed by atoms with Gasteiger partial charge >= 0.3 is 6.03 Å². The molecule has 2 N–H and O–H groups in total. The van der Waals surface area contributed by atoms with E-state index in [2.05, 4.69) is 71.8 Å². The van der Waals surface area contributed by atoms with E-state index in [4.69, 9.17) is 0 Å². The van der Waals surface area contributed by atoms with Crippen molar-refractivity contribution in [3.8, 4) is 0 Å². The lowest BCUT2D eigenvalue weighted by molar-refractivity contribution is 0.0253. The van der Waals surface area contributed by atoms with Crippen molar-refractivity contribution < 1.29 is 4.79 Å². The first-order valence-corrected chi connectivity index (χ1v) is 14.3. The van der Waals surface area contributed by atoms with Gasteiger partial charge in [0.1, 0.15) is 0 Å². The van der Waals surface area contributed by atoms with Crippen molar-refractivity contribution in [2.24, 2.45) is 40.4 Å². The van der Waals surface area contributed by atoms with E-state index in [0.717, 1.165) is 12.8 Å². The molecule has 0 saturated heterocycles. The number of hydrogen-bond acceptors (Lipinski definition) is 1. The number of carbonyl (C=O) groups is 1. The minimum absolute atomic E-state index is 0.0201. The second-order valence-electron chi connectivity index (χ2n) is 14.1. The van der Waals surface area contributed by atoms with Gasteiger partial charge in [-0.15, -0.1) is 0 Å². The summed E-state index contributed by atoms with van der Waals surface area (Å²) < 4.78 is 0. The Hall–Kier alpha value is -1.25. The second-order valence-corrected chi connectivity index (χ2v) is 14.1. The molecule has 7 atom stereocenters. The Morgan fingerprint density at radius 2 is 1.82 bits per heavy atom. The normalized spacial score (nSPS) is 40.8. The maximum atomic E-state index is 13.6. The Labute approximate surface area is 210 Å². The highest BCUT2D eigenvalue weighted by molar-refractivity contribution is 5.75. The average Bonchev–Trinajstić information content (AvgIpc) is 2.72. The highest BCUT2D eigenvalue weighted by atomic mass is 16.2. The summed E-state index contributed by atoms with van der Waals surface area (Å²) in [5.74, 6) is 2.55. The monoisotopic (exact) mass is 468 g/mol. The predicted molar refractivity (Wildman–Crippen MR) is 144 cm³/mol. The minimum atomic E-state index is -0.259. The fraction of sp³-hybridized carbons (Fsp3) is 0.839. The van der Waals surface area contributed by atoms with Crippen molar-refractivity contribution in [1.29, 1.82) is 0 Å². The summed E-state index contributed by atoms with van der Waals surface area (Å²) in [5, 5.41) is 7.00. The second kappa shape index (κ2) is 9.32. The first-order chi connectivity index (χ1) is 15.9. The SMILES string of the molecule is C=C1CCCC2(C)CCC(C(C)C)C(NC(=O)NC(C)(C)C3C=C4C(C)CCCC4(C)CC3)C12. The van der Waals surface area contributed by atoms with Gasteiger partial charge < -0.3 is 10.6 Å². The van der Waals surface area contributed by atoms with Crippen LogP contribution in [0.1, 0.15) is 113 Å². The molecule has 0 aromatic heterocycles. The summed E-state index contributed by atoms with van der Waals surface area (Å²) in [5.41, 5.74) is 3.43. The van der Waals surface area contributed by atoms with Crippen LogP contribution in [-0.2, 0) is 0 Å². The van der Waals surface area contributed by atoms with E-state index in [1.807, 2.05) is 0 Å². The van der Waals surface area contributed by atoms with Gasteiger partial charge in [-0.3, -0.25) is 0 Å². The molecular weight excluding hydrogens is 416 g/mol. The maximum Gasteiger partial charge on any atom is 0.315 e. The molecule has 3 nitrogen and oxygen atoms in total. The molecule has 7 unspecified atom stereocenters. The molecule has 0 aromatic rings. The Morgan fingerprint density at radius 3 is 2.53 bits per heavy atom. The number of urea groups is 1. The fourth-order valence-corrected chi connectivity index (χ4v) is 8.60. The van der Waals surface area contributed by atoms with Crippen LogP contribution in [0.2, 0.25) is 0 Å². The molecule has 0 spiro atoms. The maximum absolute atomic E-state index is 13.6. The van der Waals surface area contributed by atoms with E-state index in [1.165, 1.54) is 56.9 Å². The summed E-state index contributed by atoms with van der Waals surface area (Å²) in [6.07, 6.45) is 15.1. The molecule has 4 aliphatic rings. The summed E-state index contributed by atoms with van der Waals surface area (Å²) in [4.78, 5) is 13.6. The molecule has 0 aliphatic heterocycles. The molecule has 0 aromatic carbocycles. The van der Waals surface area contributed by atoms with Crippen molar-refractivity contribution in [3.63, 3.8) is 0 Å². The summed E-state index contributed by atoms with van der Waals surface area (Å²) in [6.45, 7) is 21.0. The van der Waals surface area contributed by atoms with E-state index in [9.17, 15) is 4.79 Å². The van der Waals surface area contributed by atoms with E-state index < -0.39 is 0 Å². The quantitative estimate of drug-likeness (QED) is 0.403. The molecule has 3 saturated carbocycles. The smallest absolute Gasteiger partial charge is 0.315 e. The van der Waals surface area contributed by atoms with Crippen molar-refractivity contribution >= 4 is 6.03 Å². The zero-order chi connectivity index (χ0) is 24.9. The van der Waals surface area contributed by atoms with Crippen LogP contribution in [0.15, 0.2) is 23.8 Å². The number of rotatable bonds is 4. The Kier molecular flexibility index (Phi) is 7.08. The van der Waals surface area contributed by atoms with Crippen LogP contribution in [0.5, 0.6) is 0 Å². The molecule has 2 amide bonds. The summed E-state index contributed by atoms with van der Waals surface area (Å²) >= 11 is 0. The van der Waals surface area contributed by atoms with Crippen molar-refractivity contribution in [2.75, 3.05) is 0 Å². The van der Waals surface area contributed by atoms with Gasteiger partial charge in [0.15, 0.2) is 0 Å². The van der Waals surface area contributed by atoms with E-state index >= 15 is 0 Å². The zero-order valence-corrected chi connectivity index (χ0v) is 23.2. The lowest BCUT2D eigenvalue weighted by Crippen LogP contribution is -2.61. The van der Waals surface area contributed by atoms with Crippen LogP contribution >= 0.6 is 0 Å². The Morgan fingerprint density at radius 1 is 1.09 bits per heavy atom. The highest BCUT2D eigenvalue weighted by Crippen LogP contribution is 2.55. The van der Waals surface area contributed by atoms with Gasteiger partial charge in [-0.2, -0.15) is 0 Å². The van der Waals surface area contributed by atoms with Crippen molar-refractivity contribution in [1.82, 2.24) is 10.6 Å². The van der Waals surface area contributed by atoms with Gasteiger partial charge in [0, 0.05) is 17.5 Å². The lowest BCUT2D eigenvalue weighted by Gasteiger charge is -2.54. The molecule has 3 heteroatoms. The van der Waals surface area contributed by atoms with Gasteiger partial charge in [-0.25, -0.2) is 4.79 Å². The van der Waals surface area contributed by atoms with Gasteiger partial charge in [-0.05, 0) is 106 Å². The number of nitrogens with one attached hydrogen (secondary N) is 2. The number of allylic oxidation sites excluding steroid dienone is 1. The first kappa shape index (κ1) is 25.8. The predicted octanol–water partition coefficient (Wildman–Crippen LogP) is 8.02. The third-order valence-electron chi connectivity index (χ3n) is 10.8. The molecule has 3 fully saturated rings. The van der Waals surface area contributed by atoms with Gasteiger partial charge in [-0.1, -0.05) is 64.8 Å². The summed E-state index contributed by atoms with van der Waals surface area (Å²) in [6, 6.07) is 0.209. The van der Waals surface area contributed by atoms with E-state index in [-0.39, 0.29) is 23.0 Å². The van der Waals surface area contributed by atoms with E-state index in [0.29, 0.717) is 35.0 Å². The lowest BCUT2D eigenvalue weighted by atomic mass is 9.53. The van der Waals surface area contributed by atoms with Crippen LogP contribution in [0.4, 0.5) is 4.79 Å². The number of carbonyl (C=O) groups excluding carboxylic acids is 1. The van der Waals surface area contributed by atoms with Crippen LogP contribution in [0.3, 0.4) is 0 Å². The molecular formula is C31H52N2O. The Balaban J connectivity index is 1.50. The van der Waals surface area contributed by atoms with Crippen LogP contribution in [0, 0.1) is 40.4 Å². The topological polar surface area (TPSA) is 41.1 Å². The fourth-order valence-electron chi connectivity index (χ4n) is 8.60. The third-order valence-corrected chi connectivity index (χ3v) is 10.8. The van der Waals surface area contributed by atoms with Crippen LogP contribution in [0.25, 0.3) is 0 Å². The van der Waals surface area contributed by atoms with Gasteiger partial charge in [0.05, 0.1) is 0 Å². The summed E-state index contributed by atoms with van der Waals surface area (Å²) in [7, 11) is 0. The first-order valence-electron chi connectivity index (χ1n) is 14.3. The largest absolute Gasteiger partial charge is 0.335 e. The van der Waals surface area contributed by atoms with Crippen LogP contribution < -0.4 is 10.6 Å². The van der Waals surface area contributed by atoms with Crippen molar-refractivity contribution in [2.45, 2.75) is 124 Å². The van der Waals surface area contributed by atoms with Gasteiger partial charge in [0.2, 0.25) is 0 Å². The molecule has 0 bridgehead atoms. The third kappa shape index (κ3) is 4.74. The van der Waals surface area contributed by atoms with E-state index in [1.54, 1.807) is 5.57 Å². The minimum Gasteiger partial charge on any atom is -0.335 e. The standard InChI is InChI=1S/C31H52N2O/c1-20(2)24-14-18-31(8)16-10-12-22(4)26(31)27(24)32-28(34)33-29(5,6)23-13-17-30(7)15-9-11-21(3)25(30)19-23/h19-21,23-24,26-27H,4,9-18H2,1-3,5-8H3,(H2,32,33,34). The zero-order valence-electron chi connectivity index (χ0n) is 23.2. The molecule has 4 rings (SSSR count). The Bertz CT molecular complexity index is 825. The number of amides is 2. The number of hydrogen-bond donors (Lipinski definition) is 2. The van der Waals surface area contributed by atoms with Crippen LogP contribution in [-0.4, -0.2) is 17.6 Å². The molecule has 192 valence electrons. The molecule has 0 radical (unpaired) electrons. The molecule has 0 heterocycles. The van der Waals surface area contributed by atoms with Crippen molar-refractivity contribution in [3.05, 3.63) is 23.8 Å². The van der Waals surface area contributed by atoms with Gasteiger partial charge in [0.25, 0.3) is 0 Å². The number of fused-ring (bicyclic) bond motifs is 2. The molecule has 34 heavy (non-hydrogen) atoms. The average molecular weight is 469 g/mol. The highest BCUT2D eigenvalue weighted by Gasteiger charge is 2.50.